The van der Waals surface area contributed by atoms with Crippen LogP contribution in [0.3, 0.4) is 0 Å². The third-order valence-electron chi connectivity index (χ3n) is 3.52. The summed E-state index contributed by atoms with van der Waals surface area (Å²) in [6.45, 7) is 3.41. The summed E-state index contributed by atoms with van der Waals surface area (Å²) in [6.07, 6.45) is -4.39. The second-order valence-electron chi connectivity index (χ2n) is 5.19. The van der Waals surface area contributed by atoms with Crippen molar-refractivity contribution in [2.45, 2.75) is 26.1 Å². The summed E-state index contributed by atoms with van der Waals surface area (Å²) < 4.78 is 40.8. The molecule has 0 fully saturated rings. The highest BCUT2D eigenvalue weighted by molar-refractivity contribution is 5.46. The highest BCUT2D eigenvalue weighted by Gasteiger charge is 2.34. The average molecular weight is 321 g/mol. The number of hydrogen-bond donors (Lipinski definition) is 1. The lowest BCUT2D eigenvalue weighted by atomic mass is 10.0. The maximum atomic E-state index is 13.1. The number of nitrogens with zero attached hydrogens (tertiary/aromatic N) is 4. The van der Waals surface area contributed by atoms with Crippen LogP contribution in [0.2, 0.25) is 0 Å². The van der Waals surface area contributed by atoms with E-state index in [0.717, 1.165) is 6.07 Å². The first-order valence-electron chi connectivity index (χ1n) is 6.98. The molecule has 0 spiro atoms. The summed E-state index contributed by atoms with van der Waals surface area (Å²) >= 11 is 0. The fourth-order valence-electron chi connectivity index (χ4n) is 2.41. The van der Waals surface area contributed by atoms with Gasteiger partial charge >= 0.3 is 6.18 Å². The number of anilines is 1. The molecule has 8 heteroatoms. The van der Waals surface area contributed by atoms with Gasteiger partial charge in [0.2, 0.25) is 0 Å². The number of halogens is 3. The van der Waals surface area contributed by atoms with Gasteiger partial charge < -0.3 is 5.32 Å². The Morgan fingerprint density at radius 1 is 1.09 bits per heavy atom. The van der Waals surface area contributed by atoms with Crippen molar-refractivity contribution in [2.75, 3.05) is 5.32 Å². The Morgan fingerprint density at radius 2 is 1.83 bits per heavy atom. The molecule has 0 unspecified atom stereocenters. The molecule has 1 N–H and O–H groups in total. The second kappa shape index (κ2) is 5.53. The van der Waals surface area contributed by atoms with Crippen LogP contribution in [0.25, 0.3) is 5.65 Å². The van der Waals surface area contributed by atoms with Crippen molar-refractivity contribution < 1.29 is 13.2 Å². The van der Waals surface area contributed by atoms with Crippen LogP contribution >= 0.6 is 0 Å². The highest BCUT2D eigenvalue weighted by Crippen LogP contribution is 2.35. The van der Waals surface area contributed by atoms with Crippen LogP contribution in [0.15, 0.2) is 36.4 Å². The Labute approximate surface area is 130 Å². The van der Waals surface area contributed by atoms with E-state index < -0.39 is 17.8 Å². The molecule has 0 saturated heterocycles. The summed E-state index contributed by atoms with van der Waals surface area (Å²) in [5.74, 6) is 1.05. The fraction of sp³-hybridized carbons (Fsp3) is 0.267. The van der Waals surface area contributed by atoms with Gasteiger partial charge in [0.05, 0.1) is 11.6 Å². The third-order valence-corrected chi connectivity index (χ3v) is 3.52. The van der Waals surface area contributed by atoms with Crippen LogP contribution < -0.4 is 5.32 Å². The predicted octanol–water partition coefficient (Wildman–Crippen LogP) is 3.62. The monoisotopic (exact) mass is 321 g/mol. The van der Waals surface area contributed by atoms with Crippen LogP contribution in [-0.2, 0) is 6.18 Å². The molecule has 1 atom stereocenters. The smallest absolute Gasteiger partial charge is 0.362 e. The van der Waals surface area contributed by atoms with Gasteiger partial charge in [-0.2, -0.15) is 17.7 Å². The molecule has 0 aliphatic rings. The number of alkyl halides is 3. The number of rotatable bonds is 3. The minimum Gasteiger partial charge on any atom is -0.362 e. The van der Waals surface area contributed by atoms with Crippen LogP contribution in [0.4, 0.5) is 19.0 Å². The molecule has 3 aromatic rings. The van der Waals surface area contributed by atoms with Gasteiger partial charge in [0.15, 0.2) is 11.5 Å². The minimum atomic E-state index is -4.39. The van der Waals surface area contributed by atoms with Gasteiger partial charge in [-0.3, -0.25) is 0 Å². The van der Waals surface area contributed by atoms with Crippen molar-refractivity contribution in [3.05, 3.63) is 53.3 Å². The normalized spacial score (nSPS) is 13.3. The zero-order valence-corrected chi connectivity index (χ0v) is 12.5. The fourth-order valence-corrected chi connectivity index (χ4v) is 2.41. The molecule has 0 aliphatic heterocycles. The van der Waals surface area contributed by atoms with E-state index in [0.29, 0.717) is 17.3 Å². The molecule has 2 aromatic heterocycles. The second-order valence-corrected chi connectivity index (χ2v) is 5.19. The first-order chi connectivity index (χ1) is 10.9. The van der Waals surface area contributed by atoms with Crippen LogP contribution in [0.1, 0.15) is 29.9 Å². The van der Waals surface area contributed by atoms with E-state index in [2.05, 4.69) is 20.6 Å². The molecule has 5 nitrogen and oxygen atoms in total. The predicted molar refractivity (Wildman–Crippen MR) is 79.0 cm³/mol. The zero-order valence-electron chi connectivity index (χ0n) is 12.5. The molecule has 1 aromatic carbocycles. The SMILES string of the molecule is Cc1nnc2ccc(N[C@H](C)c3ccccc3C(F)(F)F)nn12. The summed E-state index contributed by atoms with van der Waals surface area (Å²) in [5.41, 5.74) is 0.0975. The number of hydrogen-bond acceptors (Lipinski definition) is 4. The number of fused-ring (bicyclic) bond motifs is 1. The number of aromatic nitrogens is 4. The van der Waals surface area contributed by atoms with E-state index in [1.165, 1.54) is 16.6 Å². The van der Waals surface area contributed by atoms with Crippen LogP contribution in [0.5, 0.6) is 0 Å². The molecular weight excluding hydrogens is 307 g/mol. The Hall–Kier alpha value is -2.64. The number of benzene rings is 1. The largest absolute Gasteiger partial charge is 0.416 e. The topological polar surface area (TPSA) is 55.1 Å². The number of aryl methyl sites for hydroxylation is 1. The molecule has 23 heavy (non-hydrogen) atoms. The van der Waals surface area contributed by atoms with Crippen molar-refractivity contribution in [2.24, 2.45) is 0 Å². The van der Waals surface area contributed by atoms with Crippen molar-refractivity contribution in [3.8, 4) is 0 Å². The van der Waals surface area contributed by atoms with Gasteiger partial charge in [0.1, 0.15) is 5.82 Å². The molecule has 0 bridgehead atoms. The summed E-state index contributed by atoms with van der Waals surface area (Å²) in [4.78, 5) is 0. The van der Waals surface area contributed by atoms with Gasteiger partial charge in [-0.15, -0.1) is 15.3 Å². The molecule has 0 amide bonds. The van der Waals surface area contributed by atoms with E-state index in [9.17, 15) is 13.2 Å². The first kappa shape index (κ1) is 15.3. The summed E-state index contributed by atoms with van der Waals surface area (Å²) in [5, 5.41) is 15.1. The van der Waals surface area contributed by atoms with Gasteiger partial charge in [-0.05, 0) is 37.6 Å². The molecule has 0 radical (unpaired) electrons. The molecule has 0 aliphatic carbocycles. The van der Waals surface area contributed by atoms with Crippen LogP contribution in [-0.4, -0.2) is 19.8 Å². The first-order valence-corrected chi connectivity index (χ1v) is 6.98. The molecule has 3 rings (SSSR count). The van der Waals surface area contributed by atoms with Gasteiger partial charge in [-0.25, -0.2) is 0 Å². The maximum Gasteiger partial charge on any atom is 0.416 e. The summed E-state index contributed by atoms with van der Waals surface area (Å²) in [6, 6.07) is 8.31. The average Bonchev–Trinajstić information content (AvgIpc) is 2.87. The Kier molecular flexibility index (Phi) is 3.67. The lowest BCUT2D eigenvalue weighted by Crippen LogP contribution is -2.16. The van der Waals surface area contributed by atoms with E-state index >= 15 is 0 Å². The quantitative estimate of drug-likeness (QED) is 0.800. The van der Waals surface area contributed by atoms with E-state index in [1.807, 2.05) is 0 Å². The van der Waals surface area contributed by atoms with E-state index in [-0.39, 0.29) is 5.56 Å². The molecule has 120 valence electrons. The lowest BCUT2D eigenvalue weighted by Gasteiger charge is -2.19. The Morgan fingerprint density at radius 3 is 2.57 bits per heavy atom. The van der Waals surface area contributed by atoms with Gasteiger partial charge in [-0.1, -0.05) is 18.2 Å². The van der Waals surface area contributed by atoms with Crippen molar-refractivity contribution in [1.29, 1.82) is 0 Å². The van der Waals surface area contributed by atoms with E-state index in [1.54, 1.807) is 32.0 Å². The standard InChI is InChI=1S/C15H14F3N5/c1-9(11-5-3-4-6-12(11)15(16,17)18)19-13-7-8-14-21-20-10(2)23(14)22-13/h3-9H,1-2H3,(H,19,22)/t9-/m1/s1. The van der Waals surface area contributed by atoms with Crippen molar-refractivity contribution in [3.63, 3.8) is 0 Å². The van der Waals surface area contributed by atoms with Gasteiger partial charge in [0.25, 0.3) is 0 Å². The highest BCUT2D eigenvalue weighted by atomic mass is 19.4. The minimum absolute atomic E-state index is 0.169. The molecule has 0 saturated carbocycles. The number of nitrogens with one attached hydrogen (secondary N) is 1. The lowest BCUT2D eigenvalue weighted by molar-refractivity contribution is -0.138. The third kappa shape index (κ3) is 2.96. The van der Waals surface area contributed by atoms with Crippen LogP contribution in [0, 0.1) is 6.92 Å². The molecular formula is C15H14F3N5. The van der Waals surface area contributed by atoms with Gasteiger partial charge in [0, 0.05) is 0 Å². The Bertz CT molecular complexity index is 840. The zero-order chi connectivity index (χ0) is 16.6. The molecule has 2 heterocycles. The Balaban J connectivity index is 1.92. The van der Waals surface area contributed by atoms with Crippen molar-refractivity contribution >= 4 is 11.5 Å². The van der Waals surface area contributed by atoms with Crippen molar-refractivity contribution in [1.82, 2.24) is 19.8 Å². The van der Waals surface area contributed by atoms with E-state index in [4.69, 9.17) is 0 Å². The maximum absolute atomic E-state index is 13.1. The summed E-state index contributed by atoms with van der Waals surface area (Å²) in [7, 11) is 0.